The molecule has 0 saturated carbocycles. The fourth-order valence-electron chi connectivity index (χ4n) is 4.90. The Morgan fingerprint density at radius 3 is 0.194 bits per heavy atom. The Balaban J connectivity index is -0.0000000549. The first-order chi connectivity index (χ1) is 33.7. The second-order valence-electron chi connectivity index (χ2n) is 12.9. The van der Waals surface area contributed by atoms with Gasteiger partial charge in [-0.2, -0.15) is 0 Å². The van der Waals surface area contributed by atoms with E-state index in [4.69, 9.17) is 40.2 Å². The van der Waals surface area contributed by atoms with E-state index in [-0.39, 0.29) is 0 Å². The quantitative estimate of drug-likeness (QED) is 0.0791. The van der Waals surface area contributed by atoms with Crippen molar-refractivity contribution >= 4 is 117 Å². The van der Waals surface area contributed by atoms with Crippen molar-refractivity contribution in [3.63, 3.8) is 0 Å². The minimum absolute atomic E-state index is 0.755. The normalized spacial score (nSPS) is 9.50. The summed E-state index contributed by atoms with van der Waals surface area (Å²) >= 11 is 0. The summed E-state index contributed by atoms with van der Waals surface area (Å²) in [5.41, 5.74) is 0. The van der Waals surface area contributed by atoms with Crippen molar-refractivity contribution in [2.45, 2.75) is 166 Å². The molecule has 24 heteroatoms. The molecule has 0 bridgehead atoms. The van der Waals surface area contributed by atoms with Gasteiger partial charge in [0.2, 0.25) is 0 Å². The first kappa shape index (κ1) is 103. The van der Waals surface area contributed by atoms with Gasteiger partial charge in [-0.25, -0.2) is 0 Å². The Kier molecular flexibility index (Phi) is 141. The van der Waals surface area contributed by atoms with Crippen molar-refractivity contribution in [3.05, 3.63) is 0 Å². The van der Waals surface area contributed by atoms with E-state index in [1.54, 1.807) is 0 Å². The molecule has 0 aromatic heterocycles. The van der Waals surface area contributed by atoms with Crippen LogP contribution in [0.4, 0.5) is 17.3 Å². The van der Waals surface area contributed by atoms with Crippen molar-refractivity contribution in [2.24, 2.45) is 0 Å². The number of rotatable bonds is 24. The second kappa shape index (κ2) is 98.9. The largest absolute Gasteiger partial charge is 0.867 e. The number of hydrogen-bond donors (Lipinski definition) is 0. The molecule has 0 heterocycles. The minimum Gasteiger partial charge on any atom is -0.867 e. The third kappa shape index (κ3) is 145. The topological polar surface area (TPSA) is 184 Å². The third-order valence-electron chi connectivity index (χ3n) is 9.80. The van der Waals surface area contributed by atoms with Gasteiger partial charge in [0, 0.05) is 0 Å². The summed E-state index contributed by atoms with van der Waals surface area (Å²) in [7, 11) is -6.63. The summed E-state index contributed by atoms with van der Waals surface area (Å²) in [5.74, 6) is 33.2. The summed E-state index contributed by atoms with van der Waals surface area (Å²) < 4.78 is 39.6. The van der Waals surface area contributed by atoms with Crippen LogP contribution in [0.5, 0.6) is 0 Å². The van der Waals surface area contributed by atoms with Crippen LogP contribution < -0.4 is 40.2 Å². The Labute approximate surface area is 474 Å². The highest BCUT2D eigenvalue weighted by atomic mass is 32.2. The van der Waals surface area contributed by atoms with Crippen LogP contribution in [0.25, 0.3) is 0 Å². The van der Waals surface area contributed by atoms with Gasteiger partial charge in [-0.3, -0.25) is 0 Å². The van der Waals surface area contributed by atoms with Crippen LogP contribution in [0.3, 0.4) is 0 Å². The molecule has 0 unspecified atom stereocenters. The maximum Gasteiger partial charge on any atom is 0.121 e. The second-order valence-corrected chi connectivity index (χ2v) is 36.6. The zero-order valence-corrected chi connectivity index (χ0v) is 57.9. The van der Waals surface area contributed by atoms with E-state index in [0.717, 1.165) is 87.2 Å². The number of halogens is 4. The predicted octanol–water partition coefficient (Wildman–Crippen LogP) is 3.96. The van der Waals surface area contributed by atoms with Gasteiger partial charge in [0.15, 0.2) is 0 Å². The lowest BCUT2D eigenvalue weighted by Gasteiger charge is -2.09. The molecule has 0 aliphatic heterocycles. The summed E-state index contributed by atoms with van der Waals surface area (Å²) in [5, 5.41) is 66.4. The molecule has 0 saturated heterocycles. The summed E-state index contributed by atoms with van der Waals surface area (Å²) in [6.07, 6.45) is 0. The molecule has 0 spiro atoms. The first-order valence-corrected chi connectivity index (χ1v) is 40.5. The Bertz CT molecular complexity index is 558. The monoisotopic (exact) mass is 1200 g/mol. The lowest BCUT2D eigenvalue weighted by atomic mass is 10.3. The van der Waals surface area contributed by atoms with Crippen LogP contribution >= 0.6 is 0 Å². The molecule has 72 heavy (non-hydrogen) atoms. The standard InChI is InChI=1S/8C6H15S.4BFO2/c8*1-4-7(5-2)6-3;4*2-1(3)4/h8*4-6H2,1-3H3;;;;/q8*+1;4*-2. The van der Waals surface area contributed by atoms with Crippen molar-refractivity contribution in [1.29, 1.82) is 0 Å². The fourth-order valence-corrected chi connectivity index (χ4v) is 14.7. The van der Waals surface area contributed by atoms with Gasteiger partial charge >= 0.3 is 0 Å². The van der Waals surface area contributed by atoms with E-state index < -0.39 is 29.6 Å². The molecule has 0 fully saturated rings. The molecule has 0 aromatic rings. The van der Waals surface area contributed by atoms with Crippen LogP contribution in [0.1, 0.15) is 166 Å². The van der Waals surface area contributed by atoms with Crippen LogP contribution in [0, 0.1) is 0 Å². The van der Waals surface area contributed by atoms with Gasteiger partial charge in [-0.15, -0.1) is 0 Å². The van der Waals surface area contributed by atoms with Gasteiger partial charge < -0.3 is 57.5 Å². The lowest BCUT2D eigenvalue weighted by molar-refractivity contribution is -0.368. The Morgan fingerprint density at radius 1 is 0.167 bits per heavy atom. The highest BCUT2D eigenvalue weighted by molar-refractivity contribution is 7.98. The molecular formula is C48H120B4F4O8S8. The van der Waals surface area contributed by atoms with Gasteiger partial charge in [0.25, 0.3) is 0 Å². The molecular weight excluding hydrogens is 1080 g/mol. The highest BCUT2D eigenvalue weighted by Gasteiger charge is 2.09. The van der Waals surface area contributed by atoms with E-state index in [1.807, 2.05) is 0 Å². The molecule has 0 rings (SSSR count). The SMILES string of the molecule is CC[S+](CC)CC.CC[S+](CC)CC.CC[S+](CC)CC.CC[S+](CC)CC.CC[S+](CC)CC.CC[S+](CC)CC.CC[S+](CC)CC.CC[S+](CC)CC.[O-]B([O-])F.[O-]B([O-])F.[O-]B([O-])F.[O-]B([O-])F. The molecule has 8 nitrogen and oxygen atoms in total. The molecule has 0 aromatic carbocycles. The van der Waals surface area contributed by atoms with Gasteiger partial charge in [0.1, 0.15) is 168 Å². The molecule has 0 radical (unpaired) electrons. The van der Waals surface area contributed by atoms with Crippen LogP contribution in [0.15, 0.2) is 0 Å². The van der Waals surface area contributed by atoms with Gasteiger partial charge in [-0.05, 0) is 253 Å². The molecule has 0 aliphatic rings. The molecule has 0 aliphatic carbocycles. The van der Waals surface area contributed by atoms with E-state index in [1.165, 1.54) is 138 Å². The van der Waals surface area contributed by atoms with Crippen LogP contribution in [0.2, 0.25) is 0 Å². The molecule has 0 amide bonds. The molecule has 448 valence electrons. The van der Waals surface area contributed by atoms with Crippen LogP contribution in [-0.2, 0) is 87.2 Å². The Morgan fingerprint density at radius 2 is 0.194 bits per heavy atom. The molecule has 0 N–H and O–H groups in total. The maximum atomic E-state index is 9.89. The zero-order chi connectivity index (χ0) is 59.9. The third-order valence-corrected chi connectivity index (χ3v) is 29.4. The zero-order valence-electron chi connectivity index (χ0n) is 51.3. The van der Waals surface area contributed by atoms with Crippen molar-refractivity contribution in [2.75, 3.05) is 138 Å². The van der Waals surface area contributed by atoms with Crippen molar-refractivity contribution in [3.8, 4) is 0 Å². The van der Waals surface area contributed by atoms with E-state index in [0.29, 0.717) is 0 Å². The van der Waals surface area contributed by atoms with Crippen LogP contribution in [-0.4, -0.2) is 168 Å². The average molecular weight is 1200 g/mol. The number of hydrogen-bond acceptors (Lipinski definition) is 8. The summed E-state index contributed by atoms with van der Waals surface area (Å²) in [4.78, 5) is 0. The van der Waals surface area contributed by atoms with Crippen molar-refractivity contribution < 1.29 is 57.5 Å². The Hall–Kier alpha value is 2.46. The van der Waals surface area contributed by atoms with E-state index in [9.17, 15) is 17.3 Å². The minimum atomic E-state index is -3.17. The van der Waals surface area contributed by atoms with Gasteiger partial charge in [0.05, 0.1) is 0 Å². The van der Waals surface area contributed by atoms with Gasteiger partial charge in [-0.1, -0.05) is 0 Å². The van der Waals surface area contributed by atoms with E-state index >= 15 is 0 Å². The fraction of sp³-hybridized carbons (Fsp3) is 1.00. The first-order valence-electron chi connectivity index (χ1n) is 26.7. The van der Waals surface area contributed by atoms with Crippen molar-refractivity contribution in [1.82, 2.24) is 0 Å². The molecule has 0 atom stereocenters. The highest BCUT2D eigenvalue weighted by Crippen LogP contribution is 1.97. The lowest BCUT2D eigenvalue weighted by Crippen LogP contribution is -2.39. The summed E-state index contributed by atoms with van der Waals surface area (Å²) in [6.45, 7) is 54.6. The van der Waals surface area contributed by atoms with E-state index in [2.05, 4.69) is 166 Å². The summed E-state index contributed by atoms with van der Waals surface area (Å²) in [6, 6.07) is 0. The maximum absolute atomic E-state index is 9.89. The predicted molar refractivity (Wildman–Crippen MR) is 339 cm³/mol. The smallest absolute Gasteiger partial charge is 0.121 e. The average Bonchev–Trinajstić information content (AvgIpc) is 3.34.